The molecule has 8 nitrogen and oxygen atoms in total. The van der Waals surface area contributed by atoms with Gasteiger partial charge in [0.2, 0.25) is 0 Å². The summed E-state index contributed by atoms with van der Waals surface area (Å²) in [5.41, 5.74) is 7.10. The molecule has 0 aromatic heterocycles. The quantitative estimate of drug-likeness (QED) is 0.127. The fourth-order valence-electron chi connectivity index (χ4n) is 10.5. The molecule has 5 aliphatic rings. The molecule has 1 saturated carbocycles. The van der Waals surface area contributed by atoms with Crippen LogP contribution < -0.4 is 18.9 Å². The van der Waals surface area contributed by atoms with E-state index in [0.29, 0.717) is 53.6 Å². The van der Waals surface area contributed by atoms with Crippen LogP contribution in [0.5, 0.6) is 28.7 Å². The lowest BCUT2D eigenvalue weighted by molar-refractivity contribution is 0.0194. The lowest BCUT2D eigenvalue weighted by Gasteiger charge is -2.42. The molecule has 0 saturated heterocycles. The minimum Gasteiger partial charge on any atom is -0.508 e. The highest BCUT2D eigenvalue weighted by Gasteiger charge is 2.42. The number of phenols is 1. The molecule has 1 fully saturated rings. The Hall–Kier alpha value is -4.16. The summed E-state index contributed by atoms with van der Waals surface area (Å²) in [6.45, 7) is 6.90. The molecule has 3 aromatic rings. The van der Waals surface area contributed by atoms with Crippen molar-refractivity contribution in [1.82, 2.24) is 0 Å². The largest absolute Gasteiger partial charge is 0.508 e. The summed E-state index contributed by atoms with van der Waals surface area (Å²) in [5, 5.41) is 43.1. The number of aliphatic hydroxyl groups excluding tert-OH is 3. The maximum atomic E-state index is 12.1. The molecule has 3 aliphatic carbocycles. The van der Waals surface area contributed by atoms with Crippen LogP contribution in [0.15, 0.2) is 48.6 Å². The van der Waals surface area contributed by atoms with Crippen molar-refractivity contribution in [3.8, 4) is 51.9 Å². The SMILES string of the molecule is CC[C@@H]1C[C@H]([C@H]2Cc3cc(O)c(CC(C)C)cc3-c3c(OC)cc4c(c32)C[C@@H](O)[C@H](c2ccc3c(c2)O[C@H]2C[C@H](CO)CC[C@@H]2CC#CO3)O4)C=C[C@H]1CCO. The van der Waals surface area contributed by atoms with E-state index >= 15 is 0 Å². The van der Waals surface area contributed by atoms with Crippen molar-refractivity contribution in [1.29, 1.82) is 0 Å². The van der Waals surface area contributed by atoms with Gasteiger partial charge in [-0.3, -0.25) is 0 Å². The van der Waals surface area contributed by atoms with E-state index in [2.05, 4.69) is 51.0 Å². The Balaban J connectivity index is 1.20. The van der Waals surface area contributed by atoms with Crippen LogP contribution in [0.1, 0.15) is 106 Å². The predicted octanol–water partition coefficient (Wildman–Crippen LogP) is 8.44. The number of hydrogen-bond acceptors (Lipinski definition) is 8. The van der Waals surface area contributed by atoms with Crippen LogP contribution in [0.3, 0.4) is 0 Å². The molecule has 0 amide bonds. The molecule has 0 radical (unpaired) electrons. The smallest absolute Gasteiger partial charge is 0.182 e. The monoisotopic (exact) mass is 762 g/mol. The highest BCUT2D eigenvalue weighted by Crippen LogP contribution is 2.56. The Kier molecular flexibility index (Phi) is 11.3. The van der Waals surface area contributed by atoms with E-state index in [1.807, 2.05) is 30.3 Å². The summed E-state index contributed by atoms with van der Waals surface area (Å²) in [4.78, 5) is 0. The van der Waals surface area contributed by atoms with Crippen LogP contribution in [-0.4, -0.2) is 53.0 Å². The molecule has 56 heavy (non-hydrogen) atoms. The normalized spacial score (nSPS) is 28.9. The van der Waals surface area contributed by atoms with E-state index in [4.69, 9.17) is 18.9 Å². The summed E-state index contributed by atoms with van der Waals surface area (Å²) >= 11 is 0. The zero-order valence-corrected chi connectivity index (χ0v) is 33.3. The predicted molar refractivity (Wildman–Crippen MR) is 216 cm³/mol. The van der Waals surface area contributed by atoms with Crippen molar-refractivity contribution >= 4 is 0 Å². The lowest BCUT2D eigenvalue weighted by Crippen LogP contribution is -2.35. The third-order valence-electron chi connectivity index (χ3n) is 13.4. The number of hydrogen-bond donors (Lipinski definition) is 4. The first-order chi connectivity index (χ1) is 27.2. The molecule has 0 unspecified atom stereocenters. The molecule has 0 bridgehead atoms. The molecule has 8 heteroatoms. The average molecular weight is 763 g/mol. The van der Waals surface area contributed by atoms with Crippen molar-refractivity contribution in [3.63, 3.8) is 0 Å². The number of phenolic OH excluding ortho intramolecular Hbond substituents is 1. The van der Waals surface area contributed by atoms with Crippen molar-refractivity contribution in [2.75, 3.05) is 20.3 Å². The van der Waals surface area contributed by atoms with Gasteiger partial charge in [-0.1, -0.05) is 51.3 Å². The Bertz CT molecular complexity index is 2010. The second-order valence-corrected chi connectivity index (χ2v) is 17.4. The molecule has 2 heterocycles. The van der Waals surface area contributed by atoms with Crippen molar-refractivity contribution in [2.24, 2.45) is 35.5 Å². The number of methoxy groups -OCH3 is 1. The molecule has 4 N–H and O–H groups in total. The third-order valence-corrected chi connectivity index (χ3v) is 13.4. The topological polar surface area (TPSA) is 118 Å². The second kappa shape index (κ2) is 16.4. The highest BCUT2D eigenvalue weighted by molar-refractivity contribution is 5.83. The fourth-order valence-corrected chi connectivity index (χ4v) is 10.5. The van der Waals surface area contributed by atoms with Gasteiger partial charge >= 0.3 is 0 Å². The Morgan fingerprint density at radius 1 is 0.964 bits per heavy atom. The van der Waals surface area contributed by atoms with Gasteiger partial charge < -0.3 is 39.4 Å². The van der Waals surface area contributed by atoms with E-state index in [-0.39, 0.29) is 43.0 Å². The number of aromatic hydroxyl groups is 1. The number of aliphatic hydroxyl groups is 3. The van der Waals surface area contributed by atoms with Gasteiger partial charge in [0, 0.05) is 49.2 Å². The van der Waals surface area contributed by atoms with Crippen LogP contribution in [-0.2, 0) is 19.3 Å². The summed E-state index contributed by atoms with van der Waals surface area (Å²) in [6.07, 6.45) is 14.0. The fraction of sp³-hybridized carbons (Fsp3) is 0.542. The van der Waals surface area contributed by atoms with Crippen LogP contribution in [0.2, 0.25) is 0 Å². The van der Waals surface area contributed by atoms with Crippen LogP contribution in [0.4, 0.5) is 0 Å². The number of rotatable bonds is 9. The molecule has 3 aromatic carbocycles. The number of ether oxygens (including phenoxy) is 4. The van der Waals surface area contributed by atoms with E-state index in [1.54, 1.807) is 7.11 Å². The van der Waals surface area contributed by atoms with Crippen molar-refractivity contribution in [2.45, 2.75) is 109 Å². The summed E-state index contributed by atoms with van der Waals surface area (Å²) < 4.78 is 25.7. The van der Waals surface area contributed by atoms with Crippen molar-refractivity contribution < 1.29 is 39.4 Å². The molecule has 0 spiro atoms. The molecule has 2 aliphatic heterocycles. The van der Waals surface area contributed by atoms with Crippen LogP contribution in [0.25, 0.3) is 11.1 Å². The molecular formula is C48H58O8. The van der Waals surface area contributed by atoms with Gasteiger partial charge in [-0.2, -0.15) is 0 Å². The standard InChI is InChI=1S/C48H58O8/c1-5-29-19-32(11-10-30(29)14-15-49)36-20-34-22-39(51)35(17-27(2)3)21-37(34)47-45(53-4)25-43-38(46(36)47)24-40(52)48(56-43)33-12-13-41-44(23-33)55-42-18-28(26-50)8-9-31(42)7-6-16-54-41/h10-13,21-23,25,27-32,36,40,42,48-52H,5,7-9,14-15,17-20,24,26H2,1-4H3/t28-,29-,30+,31+,32-,36-,40-,42+,48+/m1/s1. The highest BCUT2D eigenvalue weighted by atomic mass is 16.5. The first kappa shape index (κ1) is 38.7. The first-order valence-electron chi connectivity index (χ1n) is 21.0. The second-order valence-electron chi connectivity index (χ2n) is 17.4. The van der Waals surface area contributed by atoms with E-state index in [1.165, 1.54) is 5.56 Å². The van der Waals surface area contributed by atoms with Gasteiger partial charge in [0.25, 0.3) is 0 Å². The third kappa shape index (κ3) is 7.39. The van der Waals surface area contributed by atoms with Gasteiger partial charge in [-0.05, 0) is 133 Å². The number of allylic oxidation sites excluding steroid dienone is 2. The van der Waals surface area contributed by atoms with Crippen molar-refractivity contribution in [3.05, 3.63) is 76.4 Å². The molecular weight excluding hydrogens is 705 g/mol. The molecule has 8 rings (SSSR count). The van der Waals surface area contributed by atoms with Gasteiger partial charge in [-0.25, -0.2) is 0 Å². The van der Waals surface area contributed by atoms with Gasteiger partial charge in [0.05, 0.1) is 13.2 Å². The van der Waals surface area contributed by atoms with E-state index in [0.717, 1.165) is 90.5 Å². The summed E-state index contributed by atoms with van der Waals surface area (Å²) in [7, 11) is 1.71. The minimum atomic E-state index is -0.839. The van der Waals surface area contributed by atoms with Gasteiger partial charge in [0.15, 0.2) is 11.5 Å². The van der Waals surface area contributed by atoms with Gasteiger partial charge in [0.1, 0.15) is 35.6 Å². The maximum absolute atomic E-state index is 12.1. The van der Waals surface area contributed by atoms with Crippen LogP contribution in [0, 0.1) is 47.5 Å². The Morgan fingerprint density at radius 2 is 1.82 bits per heavy atom. The van der Waals surface area contributed by atoms with E-state index < -0.39 is 12.2 Å². The number of benzene rings is 3. The lowest BCUT2D eigenvalue weighted by atomic mass is 9.65. The Morgan fingerprint density at radius 3 is 2.59 bits per heavy atom. The van der Waals surface area contributed by atoms with Crippen LogP contribution >= 0.6 is 0 Å². The average Bonchev–Trinajstić information content (AvgIpc) is 3.28. The summed E-state index contributed by atoms with van der Waals surface area (Å²) in [6, 6.07) is 11.8. The summed E-state index contributed by atoms with van der Waals surface area (Å²) in [5.74, 6) is 7.96. The Labute approximate surface area is 331 Å². The molecule has 9 atom stereocenters. The van der Waals surface area contributed by atoms with Gasteiger partial charge in [-0.15, -0.1) is 0 Å². The number of fused-ring (bicyclic) bond motifs is 7. The van der Waals surface area contributed by atoms with E-state index in [9.17, 15) is 20.4 Å². The maximum Gasteiger partial charge on any atom is 0.182 e. The zero-order valence-electron chi connectivity index (χ0n) is 33.3. The zero-order chi connectivity index (χ0) is 39.1. The minimum absolute atomic E-state index is 0.0719. The molecule has 298 valence electrons. The first-order valence-corrected chi connectivity index (χ1v) is 21.0.